The van der Waals surface area contributed by atoms with Gasteiger partial charge in [-0.1, -0.05) is 54.1 Å². The molecule has 168 valence electrons. The lowest BCUT2D eigenvalue weighted by Gasteiger charge is -2.24. The molecule has 0 bridgehead atoms. The summed E-state index contributed by atoms with van der Waals surface area (Å²) in [5.74, 6) is -1.38. The number of nitrogens with zero attached hydrogens (tertiary/aromatic N) is 2. The molecule has 0 N–H and O–H groups in total. The van der Waals surface area contributed by atoms with Crippen LogP contribution >= 0.6 is 0 Å². The zero-order valence-electron chi connectivity index (χ0n) is 17.9. The summed E-state index contributed by atoms with van der Waals surface area (Å²) >= 11 is 0. The number of benzene rings is 3. The number of anilines is 1. The van der Waals surface area contributed by atoms with Crippen molar-refractivity contribution in [2.45, 2.75) is 30.1 Å². The molecule has 1 aliphatic rings. The van der Waals surface area contributed by atoms with Crippen LogP contribution in [0.5, 0.6) is 0 Å². The Bertz CT molecular complexity index is 1330. The maximum absolute atomic E-state index is 13.6. The predicted octanol–water partition coefficient (Wildman–Crippen LogP) is 5.08. The number of nitro groups is 1. The molecule has 33 heavy (non-hydrogen) atoms. The van der Waals surface area contributed by atoms with Gasteiger partial charge in [0, 0.05) is 30.4 Å². The highest BCUT2D eigenvalue weighted by atomic mass is 32.2. The predicted molar refractivity (Wildman–Crippen MR) is 126 cm³/mol. The van der Waals surface area contributed by atoms with E-state index in [1.54, 1.807) is 54.6 Å². The van der Waals surface area contributed by atoms with Gasteiger partial charge in [-0.3, -0.25) is 14.9 Å². The number of hydrogen-bond acceptors (Lipinski definition) is 5. The topological polar surface area (TPSA) is 97.6 Å². The first-order chi connectivity index (χ1) is 15.7. The van der Waals surface area contributed by atoms with Crippen molar-refractivity contribution in [1.29, 1.82) is 0 Å². The van der Waals surface area contributed by atoms with Gasteiger partial charge in [0.25, 0.3) is 15.7 Å². The van der Waals surface area contributed by atoms with E-state index in [4.69, 9.17) is 0 Å². The van der Waals surface area contributed by atoms with Gasteiger partial charge in [-0.15, -0.1) is 6.58 Å². The summed E-state index contributed by atoms with van der Waals surface area (Å²) in [5.41, 5.74) is 2.48. The molecule has 0 fully saturated rings. The Morgan fingerprint density at radius 1 is 1.03 bits per heavy atom. The van der Waals surface area contributed by atoms with Crippen molar-refractivity contribution in [3.8, 4) is 0 Å². The van der Waals surface area contributed by atoms with Gasteiger partial charge in [-0.2, -0.15) is 0 Å². The van der Waals surface area contributed by atoms with Crippen LogP contribution in [0.3, 0.4) is 0 Å². The monoisotopic (exact) mass is 462 g/mol. The number of amides is 1. The number of aryl methyl sites for hydroxylation is 1. The molecule has 1 heterocycles. The van der Waals surface area contributed by atoms with Gasteiger partial charge < -0.3 is 0 Å². The number of hydrogen-bond donors (Lipinski definition) is 0. The van der Waals surface area contributed by atoms with Crippen LogP contribution < -0.4 is 4.31 Å². The fourth-order valence-corrected chi connectivity index (χ4v) is 5.70. The van der Waals surface area contributed by atoms with Crippen molar-refractivity contribution in [2.75, 3.05) is 4.31 Å². The highest BCUT2D eigenvalue weighted by Gasteiger charge is 2.40. The van der Waals surface area contributed by atoms with E-state index in [-0.39, 0.29) is 28.6 Å². The van der Waals surface area contributed by atoms with E-state index in [1.807, 2.05) is 6.92 Å². The van der Waals surface area contributed by atoms with E-state index < -0.39 is 26.8 Å². The van der Waals surface area contributed by atoms with Crippen LogP contribution in [0.25, 0.3) is 0 Å². The Hall–Kier alpha value is -3.78. The summed E-state index contributed by atoms with van der Waals surface area (Å²) in [4.78, 5) is 24.1. The second-order valence-electron chi connectivity index (χ2n) is 7.96. The lowest BCUT2D eigenvalue weighted by atomic mass is 9.80. The van der Waals surface area contributed by atoms with Gasteiger partial charge in [-0.25, -0.2) is 12.7 Å². The number of nitro benzene ring substituents is 1. The summed E-state index contributed by atoms with van der Waals surface area (Å²) in [5, 5.41) is 11.1. The van der Waals surface area contributed by atoms with Crippen LogP contribution in [0.4, 0.5) is 11.4 Å². The van der Waals surface area contributed by atoms with Crippen LogP contribution in [-0.4, -0.2) is 19.2 Å². The van der Waals surface area contributed by atoms with E-state index in [2.05, 4.69) is 6.58 Å². The highest BCUT2D eigenvalue weighted by molar-refractivity contribution is 7.93. The van der Waals surface area contributed by atoms with Gasteiger partial charge in [0.1, 0.15) is 0 Å². The molecule has 0 aliphatic carbocycles. The molecule has 3 aromatic rings. The number of fused-ring (bicyclic) bond motifs is 1. The maximum atomic E-state index is 13.6. The highest BCUT2D eigenvalue weighted by Crippen LogP contribution is 2.45. The van der Waals surface area contributed by atoms with Gasteiger partial charge >= 0.3 is 0 Å². The summed E-state index contributed by atoms with van der Waals surface area (Å²) in [6, 6.07) is 19.2. The fraction of sp³-hybridized carbons (Fsp3) is 0.160. The van der Waals surface area contributed by atoms with Crippen LogP contribution in [-0.2, 0) is 14.8 Å². The summed E-state index contributed by atoms with van der Waals surface area (Å²) in [6.45, 7) is 5.79. The zero-order chi connectivity index (χ0) is 23.8. The average Bonchev–Trinajstić information content (AvgIpc) is 2.93. The fourth-order valence-electron chi connectivity index (χ4n) is 4.24. The summed E-state index contributed by atoms with van der Waals surface area (Å²) < 4.78 is 28.1. The Morgan fingerprint density at radius 2 is 1.67 bits per heavy atom. The molecule has 1 unspecified atom stereocenters. The molecule has 2 atom stereocenters. The Kier molecular flexibility index (Phi) is 5.86. The van der Waals surface area contributed by atoms with E-state index >= 15 is 0 Å². The molecule has 4 rings (SSSR count). The lowest BCUT2D eigenvalue weighted by Crippen LogP contribution is -2.37. The maximum Gasteiger partial charge on any atom is 0.270 e. The molecule has 7 nitrogen and oxygen atoms in total. The van der Waals surface area contributed by atoms with E-state index in [9.17, 15) is 23.3 Å². The molecule has 0 saturated heterocycles. The SMILES string of the molecule is C=CC1c2ccccc2N(S(=O)(=O)c2ccc(C)cc2)C(=O)C[C@@H]1c1ccc([N+](=O)[O-])cc1. The molecule has 1 amide bonds. The lowest BCUT2D eigenvalue weighted by molar-refractivity contribution is -0.384. The zero-order valence-corrected chi connectivity index (χ0v) is 18.7. The normalized spacial score (nSPS) is 18.3. The Balaban J connectivity index is 1.86. The number of allylic oxidation sites excluding steroid dienone is 1. The number of carbonyl (C=O) groups excluding carboxylic acids is 1. The van der Waals surface area contributed by atoms with E-state index in [1.165, 1.54) is 24.3 Å². The first kappa shape index (κ1) is 22.4. The minimum atomic E-state index is -4.16. The minimum Gasteiger partial charge on any atom is -0.273 e. The Morgan fingerprint density at radius 3 is 2.27 bits per heavy atom. The van der Waals surface area contributed by atoms with Crippen LogP contribution in [0.1, 0.15) is 34.9 Å². The average molecular weight is 463 g/mol. The van der Waals surface area contributed by atoms with Crippen molar-refractivity contribution in [3.05, 3.63) is 112 Å². The largest absolute Gasteiger partial charge is 0.273 e. The third kappa shape index (κ3) is 4.05. The molecular weight excluding hydrogens is 440 g/mol. The molecule has 0 saturated carbocycles. The third-order valence-corrected chi connectivity index (χ3v) is 7.66. The number of sulfonamides is 1. The molecule has 0 radical (unpaired) electrons. The number of carbonyl (C=O) groups is 1. The second kappa shape index (κ2) is 8.63. The standard InChI is InChI=1S/C25H22N2O5S/c1-3-21-22-6-4-5-7-24(22)26(33(31,32)20-14-8-17(2)9-15-20)25(28)16-23(21)18-10-12-19(13-11-18)27(29)30/h3-15,21,23H,1,16H2,2H3/t21?,23-/m1/s1. The van der Waals surface area contributed by atoms with Crippen molar-refractivity contribution in [1.82, 2.24) is 0 Å². The molecule has 0 spiro atoms. The van der Waals surface area contributed by atoms with Crippen LogP contribution in [0, 0.1) is 17.0 Å². The molecule has 0 aromatic heterocycles. The Labute approximate surface area is 192 Å². The van der Waals surface area contributed by atoms with Crippen molar-refractivity contribution < 1.29 is 18.1 Å². The molecule has 8 heteroatoms. The third-order valence-electron chi connectivity index (χ3n) is 5.91. The summed E-state index contributed by atoms with van der Waals surface area (Å²) in [7, 11) is -4.16. The van der Waals surface area contributed by atoms with Gasteiger partial charge in [0.2, 0.25) is 5.91 Å². The second-order valence-corrected chi connectivity index (χ2v) is 9.74. The first-order valence-corrected chi connectivity index (χ1v) is 11.8. The molecule has 3 aromatic carbocycles. The van der Waals surface area contributed by atoms with Gasteiger partial charge in [-0.05, 0) is 36.2 Å². The number of para-hydroxylation sites is 1. The smallest absolute Gasteiger partial charge is 0.270 e. The number of rotatable bonds is 5. The quantitative estimate of drug-likeness (QED) is 0.299. The summed E-state index contributed by atoms with van der Waals surface area (Å²) in [6.07, 6.45) is 1.59. The van der Waals surface area contributed by atoms with E-state index in [0.29, 0.717) is 11.1 Å². The van der Waals surface area contributed by atoms with Gasteiger partial charge in [0.15, 0.2) is 0 Å². The molecule has 1 aliphatic heterocycles. The van der Waals surface area contributed by atoms with Crippen LogP contribution in [0.2, 0.25) is 0 Å². The minimum absolute atomic E-state index is 0.0280. The van der Waals surface area contributed by atoms with Crippen molar-refractivity contribution in [2.24, 2.45) is 0 Å². The van der Waals surface area contributed by atoms with Crippen molar-refractivity contribution in [3.63, 3.8) is 0 Å². The first-order valence-electron chi connectivity index (χ1n) is 10.3. The van der Waals surface area contributed by atoms with Gasteiger partial charge in [0.05, 0.1) is 15.5 Å². The van der Waals surface area contributed by atoms with Crippen molar-refractivity contribution >= 4 is 27.3 Å². The number of non-ortho nitro benzene ring substituents is 1. The van der Waals surface area contributed by atoms with Crippen LogP contribution in [0.15, 0.2) is 90.3 Å². The van der Waals surface area contributed by atoms with E-state index in [0.717, 1.165) is 9.87 Å². The molecular formula is C25H22N2O5S.